The first kappa shape index (κ1) is 28.9. The monoisotopic (exact) mass is 519 g/mol. The number of methoxy groups -OCH3 is 1. The summed E-state index contributed by atoms with van der Waals surface area (Å²) >= 11 is 0. The molecule has 37 heavy (non-hydrogen) atoms. The van der Waals surface area contributed by atoms with Crippen LogP contribution in [0.1, 0.15) is 105 Å². The first-order valence-electron chi connectivity index (χ1n) is 15.1. The molecule has 4 saturated carbocycles. The number of fused-ring (bicyclic) bond motifs is 5. The molecule has 0 bridgehead atoms. The molecule has 0 aromatic heterocycles. The van der Waals surface area contributed by atoms with Crippen molar-refractivity contribution in [2.45, 2.75) is 123 Å². The van der Waals surface area contributed by atoms with Crippen molar-refractivity contribution in [3.8, 4) is 0 Å². The van der Waals surface area contributed by atoms with E-state index in [0.717, 1.165) is 32.1 Å². The van der Waals surface area contributed by atoms with E-state index in [9.17, 15) is 19.8 Å². The lowest BCUT2D eigenvalue weighted by Crippen LogP contribution is -2.58. The van der Waals surface area contributed by atoms with Crippen molar-refractivity contribution >= 4 is 11.9 Å². The van der Waals surface area contributed by atoms with Crippen LogP contribution in [-0.2, 0) is 14.3 Å². The SMILES string of the molecule is COC(=O)C(CC(C)C)NC(=O)CCC(C)C1CCC2C3C(O)CC4CC(O)CCC4(C)C3CCC12C. The maximum atomic E-state index is 12.8. The van der Waals surface area contributed by atoms with Gasteiger partial charge in [-0.15, -0.1) is 0 Å². The summed E-state index contributed by atoms with van der Waals surface area (Å²) in [5.41, 5.74) is 0.458. The molecule has 4 rings (SSSR count). The third-order valence-corrected chi connectivity index (χ3v) is 11.8. The normalized spacial score (nSPS) is 42.8. The molecule has 0 spiro atoms. The number of hydrogen-bond acceptors (Lipinski definition) is 5. The molecule has 4 aliphatic carbocycles. The van der Waals surface area contributed by atoms with Gasteiger partial charge in [0, 0.05) is 6.42 Å². The van der Waals surface area contributed by atoms with Crippen LogP contribution in [0.4, 0.5) is 0 Å². The molecule has 4 aliphatic rings. The molecule has 0 aromatic carbocycles. The van der Waals surface area contributed by atoms with Gasteiger partial charge >= 0.3 is 5.97 Å². The molecule has 6 nitrogen and oxygen atoms in total. The lowest BCUT2D eigenvalue weighted by atomic mass is 9.43. The second-order valence-electron chi connectivity index (χ2n) is 14.2. The second-order valence-corrected chi connectivity index (χ2v) is 14.2. The van der Waals surface area contributed by atoms with Gasteiger partial charge < -0.3 is 20.3 Å². The zero-order chi connectivity index (χ0) is 27.1. The van der Waals surface area contributed by atoms with Crippen LogP contribution in [0.2, 0.25) is 0 Å². The van der Waals surface area contributed by atoms with Crippen molar-refractivity contribution < 1.29 is 24.5 Å². The van der Waals surface area contributed by atoms with Gasteiger partial charge in [-0.25, -0.2) is 4.79 Å². The van der Waals surface area contributed by atoms with Crippen molar-refractivity contribution in [1.29, 1.82) is 0 Å². The second kappa shape index (κ2) is 11.2. The van der Waals surface area contributed by atoms with Gasteiger partial charge in [-0.05, 0) is 116 Å². The summed E-state index contributed by atoms with van der Waals surface area (Å²) in [4.78, 5) is 24.9. The van der Waals surface area contributed by atoms with Crippen molar-refractivity contribution in [2.24, 2.45) is 52.3 Å². The molecule has 0 aromatic rings. The minimum Gasteiger partial charge on any atom is -0.467 e. The average molecular weight is 520 g/mol. The van der Waals surface area contributed by atoms with Gasteiger partial charge in [0.05, 0.1) is 19.3 Å². The number of aliphatic hydroxyl groups is 2. The molecule has 0 saturated heterocycles. The number of esters is 1. The first-order valence-corrected chi connectivity index (χ1v) is 15.1. The summed E-state index contributed by atoms with van der Waals surface area (Å²) < 4.78 is 4.90. The Balaban J connectivity index is 1.39. The zero-order valence-corrected chi connectivity index (χ0v) is 24.2. The molecule has 3 N–H and O–H groups in total. The molecule has 11 unspecified atom stereocenters. The number of ether oxygens (including phenoxy) is 1. The molecule has 0 radical (unpaired) electrons. The molecule has 0 aliphatic heterocycles. The van der Waals surface area contributed by atoms with Crippen molar-refractivity contribution in [1.82, 2.24) is 5.32 Å². The quantitative estimate of drug-likeness (QED) is 0.388. The van der Waals surface area contributed by atoms with Crippen LogP contribution in [0, 0.1) is 52.3 Å². The van der Waals surface area contributed by atoms with Crippen LogP contribution >= 0.6 is 0 Å². The predicted octanol–water partition coefficient (Wildman–Crippen LogP) is 5.10. The zero-order valence-electron chi connectivity index (χ0n) is 24.2. The van der Waals surface area contributed by atoms with E-state index >= 15 is 0 Å². The van der Waals surface area contributed by atoms with Gasteiger partial charge in [0.1, 0.15) is 6.04 Å². The number of nitrogens with one attached hydrogen (secondary N) is 1. The van der Waals surface area contributed by atoms with Crippen LogP contribution < -0.4 is 5.32 Å². The van der Waals surface area contributed by atoms with E-state index in [1.165, 1.54) is 32.8 Å². The Morgan fingerprint density at radius 3 is 2.32 bits per heavy atom. The fourth-order valence-corrected chi connectivity index (χ4v) is 9.83. The largest absolute Gasteiger partial charge is 0.467 e. The average Bonchev–Trinajstić information content (AvgIpc) is 3.19. The third-order valence-electron chi connectivity index (χ3n) is 11.8. The van der Waals surface area contributed by atoms with Crippen molar-refractivity contribution in [2.75, 3.05) is 7.11 Å². The first-order chi connectivity index (χ1) is 17.4. The topological polar surface area (TPSA) is 95.9 Å². The molecular formula is C31H53NO5. The van der Waals surface area contributed by atoms with E-state index in [0.29, 0.717) is 54.3 Å². The summed E-state index contributed by atoms with van der Waals surface area (Å²) in [5, 5.41) is 24.7. The Morgan fingerprint density at radius 2 is 1.65 bits per heavy atom. The summed E-state index contributed by atoms with van der Waals surface area (Å²) in [6.45, 7) is 11.3. The maximum absolute atomic E-state index is 12.8. The number of hydrogen-bond donors (Lipinski definition) is 3. The summed E-state index contributed by atoms with van der Waals surface area (Å²) in [5.74, 6) is 2.76. The van der Waals surface area contributed by atoms with Crippen molar-refractivity contribution in [3.63, 3.8) is 0 Å². The number of aliphatic hydroxyl groups excluding tert-OH is 2. The minimum absolute atomic E-state index is 0.0625. The van der Waals surface area contributed by atoms with Crippen LogP contribution in [-0.4, -0.2) is 47.4 Å². The molecule has 1 amide bonds. The Labute approximate surface area is 224 Å². The standard InChI is InChI=1S/C31H53NO5/c1-18(2)15-25(29(36)37-6)32-27(35)10-7-19(3)22-8-9-23-28-24(12-14-31(22,23)5)30(4)13-11-21(33)16-20(30)17-26(28)34/h18-26,28,33-34H,7-17H2,1-6H3,(H,32,35). The smallest absolute Gasteiger partial charge is 0.328 e. The lowest BCUT2D eigenvalue weighted by Gasteiger charge is -2.62. The molecular weight excluding hydrogens is 466 g/mol. The van der Waals surface area contributed by atoms with Crippen molar-refractivity contribution in [3.05, 3.63) is 0 Å². The number of carbonyl (C=O) groups excluding carboxylic acids is 2. The van der Waals surface area contributed by atoms with Crippen LogP contribution in [0.15, 0.2) is 0 Å². The van der Waals surface area contributed by atoms with E-state index in [-0.39, 0.29) is 34.9 Å². The molecule has 11 atom stereocenters. The van der Waals surface area contributed by atoms with E-state index in [2.05, 4.69) is 26.1 Å². The van der Waals surface area contributed by atoms with Gasteiger partial charge in [0.25, 0.3) is 0 Å². The Morgan fingerprint density at radius 1 is 0.973 bits per heavy atom. The summed E-state index contributed by atoms with van der Waals surface area (Å²) in [6.07, 6.45) is 9.82. The van der Waals surface area contributed by atoms with Gasteiger partial charge in [-0.1, -0.05) is 34.6 Å². The molecule has 4 fully saturated rings. The third kappa shape index (κ3) is 5.48. The van der Waals surface area contributed by atoms with Crippen LogP contribution in [0.3, 0.4) is 0 Å². The summed E-state index contributed by atoms with van der Waals surface area (Å²) in [6, 6.07) is -0.574. The van der Waals surface area contributed by atoms with Gasteiger partial charge in [-0.3, -0.25) is 4.79 Å². The highest BCUT2D eigenvalue weighted by atomic mass is 16.5. The molecule has 6 heteroatoms. The number of carbonyl (C=O) groups is 2. The van der Waals surface area contributed by atoms with E-state index in [1.54, 1.807) is 0 Å². The highest BCUT2D eigenvalue weighted by Crippen LogP contribution is 2.68. The minimum atomic E-state index is -0.574. The number of amides is 1. The Kier molecular flexibility index (Phi) is 8.70. The lowest BCUT2D eigenvalue weighted by molar-refractivity contribution is -0.174. The van der Waals surface area contributed by atoms with Gasteiger partial charge in [0.15, 0.2) is 0 Å². The summed E-state index contributed by atoms with van der Waals surface area (Å²) in [7, 11) is 1.37. The van der Waals surface area contributed by atoms with Crippen LogP contribution in [0.25, 0.3) is 0 Å². The highest BCUT2D eigenvalue weighted by Gasteiger charge is 2.62. The van der Waals surface area contributed by atoms with Gasteiger partial charge in [-0.2, -0.15) is 0 Å². The van der Waals surface area contributed by atoms with E-state index < -0.39 is 6.04 Å². The molecule has 212 valence electrons. The fraction of sp³-hybridized carbons (Fsp3) is 0.935. The maximum Gasteiger partial charge on any atom is 0.328 e. The van der Waals surface area contributed by atoms with E-state index in [4.69, 9.17) is 4.74 Å². The fourth-order valence-electron chi connectivity index (χ4n) is 9.83. The Bertz CT molecular complexity index is 830. The predicted molar refractivity (Wildman–Crippen MR) is 144 cm³/mol. The van der Waals surface area contributed by atoms with Gasteiger partial charge in [0.2, 0.25) is 5.91 Å². The van der Waals surface area contributed by atoms with Crippen LogP contribution in [0.5, 0.6) is 0 Å². The Hall–Kier alpha value is -1.14. The number of rotatable bonds is 8. The molecule has 0 heterocycles. The van der Waals surface area contributed by atoms with E-state index in [1.807, 2.05) is 13.8 Å². The highest BCUT2D eigenvalue weighted by molar-refractivity contribution is 5.84.